The minimum atomic E-state index is -0.376. The lowest BCUT2D eigenvalue weighted by atomic mass is 10.0. The Labute approximate surface area is 173 Å². The van der Waals surface area contributed by atoms with Crippen molar-refractivity contribution < 1.29 is 28.7 Å². The van der Waals surface area contributed by atoms with Crippen molar-refractivity contribution in [2.75, 3.05) is 26.3 Å². The number of rotatable bonds is 15. The van der Waals surface area contributed by atoms with Crippen molar-refractivity contribution in [2.24, 2.45) is 0 Å². The number of carbonyl (C=O) groups excluding carboxylic acids is 4. The highest BCUT2D eigenvalue weighted by molar-refractivity contribution is 6.13. The van der Waals surface area contributed by atoms with E-state index in [1.807, 2.05) is 27.7 Å². The van der Waals surface area contributed by atoms with Crippen molar-refractivity contribution in [1.82, 2.24) is 10.2 Å². The van der Waals surface area contributed by atoms with Crippen LogP contribution in [0.15, 0.2) is 12.2 Å². The summed E-state index contributed by atoms with van der Waals surface area (Å²) in [5.41, 5.74) is -0.676. The van der Waals surface area contributed by atoms with E-state index in [2.05, 4.69) is 5.32 Å². The van der Waals surface area contributed by atoms with Gasteiger partial charge in [0, 0.05) is 38.1 Å². The zero-order valence-electron chi connectivity index (χ0n) is 18.0. The lowest BCUT2D eigenvalue weighted by Gasteiger charge is -2.29. The number of nitrogens with one attached hydrogen (secondary N) is 1. The molecule has 164 valence electrons. The molecule has 0 aromatic heterocycles. The first-order chi connectivity index (χ1) is 13.6. The van der Waals surface area contributed by atoms with Gasteiger partial charge >= 0.3 is 0 Å². The van der Waals surface area contributed by atoms with E-state index >= 15 is 0 Å². The summed E-state index contributed by atoms with van der Waals surface area (Å²) in [4.78, 5) is 46.2. The molecule has 1 heterocycles. The minimum absolute atomic E-state index is 0.0931. The summed E-state index contributed by atoms with van der Waals surface area (Å²) in [6.07, 6.45) is 5.99. The Hall–Kier alpha value is -2.06. The Morgan fingerprint density at radius 2 is 1.62 bits per heavy atom. The topological polar surface area (TPSA) is 102 Å². The van der Waals surface area contributed by atoms with Gasteiger partial charge < -0.3 is 19.6 Å². The Bertz CT molecular complexity index is 594. The lowest BCUT2D eigenvalue weighted by Crippen LogP contribution is -2.35. The first-order valence-electron chi connectivity index (χ1n) is 10.1. The molecule has 29 heavy (non-hydrogen) atoms. The molecule has 1 aliphatic rings. The molecule has 0 saturated heterocycles. The number of ether oxygens (including phenoxy) is 2. The van der Waals surface area contributed by atoms with E-state index in [1.54, 1.807) is 0 Å². The smallest absolute Gasteiger partial charge is 0.253 e. The zero-order chi connectivity index (χ0) is 21.9. The molecule has 0 aliphatic carbocycles. The van der Waals surface area contributed by atoms with Crippen LogP contribution in [0.25, 0.3) is 0 Å². The van der Waals surface area contributed by atoms with Gasteiger partial charge in [-0.1, -0.05) is 0 Å². The Morgan fingerprint density at radius 1 is 1.03 bits per heavy atom. The number of aldehydes is 1. The molecule has 0 atom stereocenters. The molecule has 0 unspecified atom stereocenters. The Balaban J connectivity index is 2.15. The molecule has 0 radical (unpaired) electrons. The molecule has 0 bridgehead atoms. The third-order valence-electron chi connectivity index (χ3n) is 4.67. The second-order valence-electron chi connectivity index (χ2n) is 8.29. The molecule has 0 saturated carbocycles. The van der Waals surface area contributed by atoms with Crippen LogP contribution in [-0.4, -0.2) is 66.4 Å². The van der Waals surface area contributed by atoms with Gasteiger partial charge in [-0.2, -0.15) is 0 Å². The van der Waals surface area contributed by atoms with Gasteiger partial charge in [-0.25, -0.2) is 0 Å². The van der Waals surface area contributed by atoms with Gasteiger partial charge in [-0.05, 0) is 47.0 Å². The number of hydrogen-bond acceptors (Lipinski definition) is 6. The highest BCUT2D eigenvalue weighted by atomic mass is 16.5. The second-order valence-corrected chi connectivity index (χ2v) is 8.29. The average molecular weight is 411 g/mol. The molecule has 0 fully saturated rings. The minimum Gasteiger partial charge on any atom is -0.375 e. The fourth-order valence-corrected chi connectivity index (χ4v) is 2.80. The monoisotopic (exact) mass is 410 g/mol. The van der Waals surface area contributed by atoms with E-state index in [0.29, 0.717) is 26.2 Å². The highest BCUT2D eigenvalue weighted by Crippen LogP contribution is 2.20. The quantitative estimate of drug-likeness (QED) is 0.251. The summed E-state index contributed by atoms with van der Waals surface area (Å²) in [6.45, 7) is 9.52. The van der Waals surface area contributed by atoms with Crippen molar-refractivity contribution in [3.63, 3.8) is 0 Å². The van der Waals surface area contributed by atoms with E-state index in [0.717, 1.165) is 30.4 Å². The maximum atomic E-state index is 11.9. The number of nitrogens with zero attached hydrogens (tertiary/aromatic N) is 1. The summed E-state index contributed by atoms with van der Waals surface area (Å²) >= 11 is 0. The van der Waals surface area contributed by atoms with Crippen LogP contribution >= 0.6 is 0 Å². The van der Waals surface area contributed by atoms with Gasteiger partial charge in [0.15, 0.2) is 0 Å². The summed E-state index contributed by atoms with van der Waals surface area (Å²) in [6, 6.07) is 0. The van der Waals surface area contributed by atoms with Gasteiger partial charge in [-0.15, -0.1) is 0 Å². The SMILES string of the molecule is CC(C)(CCCNC(=O)CCN1C(=O)C=CC1=O)OCCC(C)(C)OCCC=O. The molecule has 0 aromatic carbocycles. The van der Waals surface area contributed by atoms with Gasteiger partial charge in [0.25, 0.3) is 11.8 Å². The first kappa shape index (κ1) is 25.0. The van der Waals surface area contributed by atoms with Crippen molar-refractivity contribution in [2.45, 2.75) is 71.0 Å². The number of hydrogen-bond donors (Lipinski definition) is 1. The molecule has 3 amide bonds. The molecule has 8 heteroatoms. The van der Waals surface area contributed by atoms with E-state index in [9.17, 15) is 19.2 Å². The maximum Gasteiger partial charge on any atom is 0.253 e. The van der Waals surface area contributed by atoms with Crippen LogP contribution in [0, 0.1) is 0 Å². The largest absolute Gasteiger partial charge is 0.375 e. The highest BCUT2D eigenvalue weighted by Gasteiger charge is 2.24. The van der Waals surface area contributed by atoms with Crippen LogP contribution in [0.1, 0.15) is 59.8 Å². The summed E-state index contributed by atoms with van der Waals surface area (Å²) in [5, 5.41) is 2.81. The van der Waals surface area contributed by atoms with Crippen LogP contribution in [0.3, 0.4) is 0 Å². The van der Waals surface area contributed by atoms with Crippen molar-refractivity contribution in [1.29, 1.82) is 0 Å². The molecule has 1 N–H and O–H groups in total. The van der Waals surface area contributed by atoms with Crippen LogP contribution in [0.4, 0.5) is 0 Å². The van der Waals surface area contributed by atoms with Crippen LogP contribution in [0.5, 0.6) is 0 Å². The predicted octanol–water partition coefficient (Wildman–Crippen LogP) is 1.77. The number of imide groups is 1. The van der Waals surface area contributed by atoms with Gasteiger partial charge in [0.2, 0.25) is 5.91 Å². The zero-order valence-corrected chi connectivity index (χ0v) is 18.0. The van der Waals surface area contributed by atoms with Crippen molar-refractivity contribution in [3.8, 4) is 0 Å². The third kappa shape index (κ3) is 10.3. The Morgan fingerprint density at radius 3 is 2.24 bits per heavy atom. The van der Waals surface area contributed by atoms with Crippen LogP contribution in [-0.2, 0) is 28.7 Å². The summed E-state index contributed by atoms with van der Waals surface area (Å²) in [7, 11) is 0. The van der Waals surface area contributed by atoms with Gasteiger partial charge in [0.1, 0.15) is 6.29 Å². The van der Waals surface area contributed by atoms with Crippen molar-refractivity contribution in [3.05, 3.63) is 12.2 Å². The predicted molar refractivity (Wildman–Crippen MR) is 108 cm³/mol. The summed E-state index contributed by atoms with van der Waals surface area (Å²) in [5.74, 6) is -0.941. The van der Waals surface area contributed by atoms with Gasteiger partial charge in [-0.3, -0.25) is 19.3 Å². The molecule has 1 aliphatic heterocycles. The fourth-order valence-electron chi connectivity index (χ4n) is 2.80. The molecular weight excluding hydrogens is 376 g/mol. The van der Waals surface area contributed by atoms with E-state index in [4.69, 9.17) is 9.47 Å². The number of amides is 3. The van der Waals surface area contributed by atoms with E-state index < -0.39 is 0 Å². The first-order valence-corrected chi connectivity index (χ1v) is 10.1. The normalized spacial score (nSPS) is 14.6. The standard InChI is InChI=1S/C21H34N2O6/c1-20(2,29-16-11-21(3,4)28-15-6-14-24)10-5-12-22-17(25)9-13-23-18(26)7-8-19(23)27/h7-8,14H,5-6,9-13,15-16H2,1-4H3,(H,22,25). The van der Waals surface area contributed by atoms with Crippen LogP contribution in [0.2, 0.25) is 0 Å². The average Bonchev–Trinajstić information content (AvgIpc) is 2.94. The molecule has 0 spiro atoms. The molecular formula is C21H34N2O6. The lowest BCUT2D eigenvalue weighted by molar-refractivity contribution is -0.137. The van der Waals surface area contributed by atoms with E-state index in [-0.39, 0.29) is 41.9 Å². The molecule has 8 nitrogen and oxygen atoms in total. The van der Waals surface area contributed by atoms with E-state index in [1.165, 1.54) is 12.2 Å². The number of carbonyl (C=O) groups is 4. The Kier molecular flexibility index (Phi) is 10.2. The van der Waals surface area contributed by atoms with Crippen LogP contribution < -0.4 is 5.32 Å². The summed E-state index contributed by atoms with van der Waals surface area (Å²) < 4.78 is 11.6. The third-order valence-corrected chi connectivity index (χ3v) is 4.67. The molecule has 0 aromatic rings. The van der Waals surface area contributed by atoms with Crippen molar-refractivity contribution >= 4 is 24.0 Å². The fraction of sp³-hybridized carbons (Fsp3) is 0.714. The second kappa shape index (κ2) is 11.8. The van der Waals surface area contributed by atoms with Gasteiger partial charge in [0.05, 0.1) is 24.4 Å². The maximum absolute atomic E-state index is 11.9. The molecule has 1 rings (SSSR count).